The lowest BCUT2D eigenvalue weighted by Gasteiger charge is -2.24. The Kier molecular flexibility index (Phi) is 8.05. The highest BCUT2D eigenvalue weighted by Crippen LogP contribution is 2.19. The third-order valence-electron chi connectivity index (χ3n) is 4.03. The predicted molar refractivity (Wildman–Crippen MR) is 112 cm³/mol. The molecule has 0 spiro atoms. The number of hydrogen-bond acceptors (Lipinski definition) is 4. The Morgan fingerprint density at radius 3 is 1.59 bits per heavy atom. The maximum absolute atomic E-state index is 12.4. The van der Waals surface area contributed by atoms with Gasteiger partial charge in [0, 0.05) is 15.4 Å². The van der Waals surface area contributed by atoms with Crippen molar-refractivity contribution in [2.24, 2.45) is 5.92 Å². The zero-order valence-electron chi connectivity index (χ0n) is 15.4. The van der Waals surface area contributed by atoms with E-state index < -0.39 is 5.97 Å². The van der Waals surface area contributed by atoms with Crippen molar-refractivity contribution >= 4 is 43.8 Å². The number of halogens is 2. The quantitative estimate of drug-likeness (QED) is 0.438. The van der Waals surface area contributed by atoms with Gasteiger partial charge in [0.1, 0.15) is 12.2 Å². The normalized spacial score (nSPS) is 13.1. The van der Waals surface area contributed by atoms with Crippen LogP contribution in [-0.4, -0.2) is 24.1 Å². The minimum Gasteiger partial charge on any atom is -0.459 e. The molecule has 4 nitrogen and oxygen atoms in total. The van der Waals surface area contributed by atoms with E-state index in [0.29, 0.717) is 17.5 Å². The Labute approximate surface area is 176 Å². The van der Waals surface area contributed by atoms with Crippen molar-refractivity contribution in [2.75, 3.05) is 0 Å². The first-order valence-electron chi connectivity index (χ1n) is 8.69. The molecule has 0 amide bonds. The molecule has 144 valence electrons. The molecule has 0 aromatic heterocycles. The lowest BCUT2D eigenvalue weighted by atomic mass is 10.0. The molecule has 2 atom stereocenters. The Hall–Kier alpha value is -1.66. The molecule has 0 N–H and O–H groups in total. The molecular formula is C21H22Br2O4. The van der Waals surface area contributed by atoms with Crippen LogP contribution in [0.4, 0.5) is 0 Å². The van der Waals surface area contributed by atoms with E-state index in [1.54, 1.807) is 55.5 Å². The first kappa shape index (κ1) is 21.6. The highest BCUT2D eigenvalue weighted by molar-refractivity contribution is 9.10. The van der Waals surface area contributed by atoms with Crippen LogP contribution in [0.15, 0.2) is 57.5 Å². The largest absolute Gasteiger partial charge is 0.459 e. The third kappa shape index (κ3) is 6.78. The molecular weight excluding hydrogens is 476 g/mol. The van der Waals surface area contributed by atoms with Crippen molar-refractivity contribution < 1.29 is 19.1 Å². The van der Waals surface area contributed by atoms with Crippen molar-refractivity contribution in [3.05, 3.63) is 68.6 Å². The molecule has 0 saturated carbocycles. The van der Waals surface area contributed by atoms with Crippen LogP contribution in [0.2, 0.25) is 0 Å². The topological polar surface area (TPSA) is 52.6 Å². The monoisotopic (exact) mass is 496 g/mol. The number of carbonyl (C=O) groups is 2. The van der Waals surface area contributed by atoms with Crippen molar-refractivity contribution in [2.45, 2.75) is 39.4 Å². The molecule has 6 heteroatoms. The van der Waals surface area contributed by atoms with Gasteiger partial charge in [-0.2, -0.15) is 0 Å². The third-order valence-corrected chi connectivity index (χ3v) is 5.09. The summed E-state index contributed by atoms with van der Waals surface area (Å²) in [6.07, 6.45) is -0.303. The number of ether oxygens (including phenoxy) is 2. The number of hydrogen-bond donors (Lipinski definition) is 0. The minimum atomic E-state index is -0.392. The van der Waals surface area contributed by atoms with Crippen LogP contribution in [0.1, 0.15) is 47.9 Å². The molecule has 0 unspecified atom stereocenters. The molecule has 0 aliphatic heterocycles. The van der Waals surface area contributed by atoms with E-state index in [0.717, 1.165) is 8.95 Å². The fraction of sp³-hybridized carbons (Fsp3) is 0.333. The van der Waals surface area contributed by atoms with Gasteiger partial charge in [0.05, 0.1) is 11.1 Å². The predicted octanol–water partition coefficient (Wildman–Crippen LogP) is 6.03. The van der Waals surface area contributed by atoms with Crippen LogP contribution in [0.5, 0.6) is 0 Å². The summed E-state index contributed by atoms with van der Waals surface area (Å²) in [5, 5.41) is 0. The lowest BCUT2D eigenvalue weighted by molar-refractivity contribution is -0.00794. The van der Waals surface area contributed by atoms with Crippen LogP contribution in [0.25, 0.3) is 0 Å². The Bertz CT molecular complexity index is 770. The van der Waals surface area contributed by atoms with Crippen molar-refractivity contribution in [3.8, 4) is 0 Å². The standard InChI is InChI=1S/C21H22Br2O4/c1-13(2)19(27-21(25)16-6-10-18(23)11-7-16)12-14(3)26-20(24)15-4-8-17(22)9-5-15/h4-11,13-14,19H,12H2,1-3H3/t14-,19+/m0/s1. The second-order valence-electron chi connectivity index (χ2n) is 6.65. The van der Waals surface area contributed by atoms with Crippen LogP contribution in [0, 0.1) is 5.92 Å². The summed E-state index contributed by atoms with van der Waals surface area (Å²) < 4.78 is 13.0. The molecule has 27 heavy (non-hydrogen) atoms. The fourth-order valence-corrected chi connectivity index (χ4v) is 2.99. The Morgan fingerprint density at radius 2 is 1.19 bits per heavy atom. The highest BCUT2D eigenvalue weighted by atomic mass is 79.9. The van der Waals surface area contributed by atoms with Gasteiger partial charge >= 0.3 is 11.9 Å². The molecule has 2 aromatic carbocycles. The average Bonchev–Trinajstić information content (AvgIpc) is 2.62. The van der Waals surface area contributed by atoms with E-state index in [4.69, 9.17) is 9.47 Å². The second-order valence-corrected chi connectivity index (χ2v) is 8.48. The average molecular weight is 498 g/mol. The summed E-state index contributed by atoms with van der Waals surface area (Å²) in [6.45, 7) is 5.76. The van der Waals surface area contributed by atoms with Gasteiger partial charge in [0.15, 0.2) is 0 Å². The van der Waals surface area contributed by atoms with Gasteiger partial charge in [-0.05, 0) is 61.4 Å². The van der Waals surface area contributed by atoms with Gasteiger partial charge in [-0.25, -0.2) is 9.59 Å². The molecule has 0 radical (unpaired) electrons. The van der Waals surface area contributed by atoms with E-state index in [9.17, 15) is 9.59 Å². The maximum atomic E-state index is 12.4. The molecule has 2 rings (SSSR count). The number of esters is 2. The molecule has 0 aliphatic carbocycles. The minimum absolute atomic E-state index is 0.0956. The lowest BCUT2D eigenvalue weighted by Crippen LogP contribution is -2.29. The van der Waals surface area contributed by atoms with Crippen molar-refractivity contribution in [1.82, 2.24) is 0 Å². The Balaban J connectivity index is 1.96. The molecule has 2 aromatic rings. The van der Waals surface area contributed by atoms with E-state index in [1.807, 2.05) is 13.8 Å². The van der Waals surface area contributed by atoms with Crippen molar-refractivity contribution in [1.29, 1.82) is 0 Å². The van der Waals surface area contributed by atoms with Gasteiger partial charge in [-0.1, -0.05) is 45.7 Å². The molecule has 0 heterocycles. The highest BCUT2D eigenvalue weighted by Gasteiger charge is 2.24. The summed E-state index contributed by atoms with van der Waals surface area (Å²) in [7, 11) is 0. The summed E-state index contributed by atoms with van der Waals surface area (Å²) in [6, 6.07) is 14.0. The van der Waals surface area contributed by atoms with E-state index in [-0.39, 0.29) is 24.1 Å². The summed E-state index contributed by atoms with van der Waals surface area (Å²) in [5.74, 6) is -0.678. The van der Waals surface area contributed by atoms with Gasteiger partial charge < -0.3 is 9.47 Å². The first-order chi connectivity index (χ1) is 12.8. The van der Waals surface area contributed by atoms with Gasteiger partial charge in [-0.15, -0.1) is 0 Å². The smallest absolute Gasteiger partial charge is 0.338 e. The fourth-order valence-electron chi connectivity index (χ4n) is 2.46. The number of benzene rings is 2. The van der Waals surface area contributed by atoms with Crippen molar-refractivity contribution in [3.63, 3.8) is 0 Å². The van der Waals surface area contributed by atoms with Crippen LogP contribution in [-0.2, 0) is 9.47 Å². The van der Waals surface area contributed by atoms with Crippen LogP contribution < -0.4 is 0 Å². The van der Waals surface area contributed by atoms with Gasteiger partial charge in [-0.3, -0.25) is 0 Å². The van der Waals surface area contributed by atoms with E-state index in [1.165, 1.54) is 0 Å². The zero-order chi connectivity index (χ0) is 20.0. The van der Waals surface area contributed by atoms with E-state index in [2.05, 4.69) is 31.9 Å². The zero-order valence-corrected chi connectivity index (χ0v) is 18.6. The van der Waals surface area contributed by atoms with Crippen LogP contribution in [0.3, 0.4) is 0 Å². The summed E-state index contributed by atoms with van der Waals surface area (Å²) in [4.78, 5) is 24.6. The molecule has 0 fully saturated rings. The van der Waals surface area contributed by atoms with Gasteiger partial charge in [0.2, 0.25) is 0 Å². The summed E-state index contributed by atoms with van der Waals surface area (Å²) in [5.41, 5.74) is 0.973. The van der Waals surface area contributed by atoms with Crippen LogP contribution >= 0.6 is 31.9 Å². The van der Waals surface area contributed by atoms with Gasteiger partial charge in [0.25, 0.3) is 0 Å². The number of carbonyl (C=O) groups excluding carboxylic acids is 2. The molecule has 0 aliphatic rings. The summed E-state index contributed by atoms with van der Waals surface area (Å²) >= 11 is 6.68. The SMILES string of the molecule is CC(C)[C@@H](C[C@H](C)OC(=O)c1ccc(Br)cc1)OC(=O)c1ccc(Br)cc1. The molecule has 0 saturated heterocycles. The Morgan fingerprint density at radius 1 is 0.778 bits per heavy atom. The first-order valence-corrected chi connectivity index (χ1v) is 10.3. The van der Waals surface area contributed by atoms with E-state index >= 15 is 0 Å². The molecule has 0 bridgehead atoms. The second kappa shape index (κ2) is 10.0. The number of rotatable bonds is 7. The maximum Gasteiger partial charge on any atom is 0.338 e.